The largest absolute Gasteiger partial charge is 0.324 e. The number of rotatable bonds is 1. The number of hydrogen-bond acceptors (Lipinski definition) is 2. The molecule has 4 heteroatoms. The molecule has 0 fully saturated rings. The van der Waals surface area contributed by atoms with Crippen LogP contribution >= 0.6 is 11.6 Å². The molecule has 1 unspecified atom stereocenters. The number of hydrogen-bond donors (Lipinski definition) is 2. The van der Waals surface area contributed by atoms with Gasteiger partial charge in [-0.15, -0.1) is 0 Å². The number of benzene rings is 1. The third-order valence-electron chi connectivity index (χ3n) is 2.34. The van der Waals surface area contributed by atoms with E-state index in [1.54, 1.807) is 6.07 Å². The van der Waals surface area contributed by atoms with Gasteiger partial charge in [0.15, 0.2) is 0 Å². The first-order valence-electron chi connectivity index (χ1n) is 4.45. The van der Waals surface area contributed by atoms with E-state index in [2.05, 4.69) is 5.32 Å². The number of carbonyl (C=O) groups is 1. The zero-order valence-electron chi connectivity index (χ0n) is 7.80. The van der Waals surface area contributed by atoms with Crippen LogP contribution in [0.5, 0.6) is 0 Å². The first-order chi connectivity index (χ1) is 6.58. The third-order valence-corrected chi connectivity index (χ3v) is 2.63. The first kappa shape index (κ1) is 9.49. The fraction of sp³-hybridized carbons (Fsp3) is 0.300. The summed E-state index contributed by atoms with van der Waals surface area (Å²) in [5.41, 5.74) is 8.39. The van der Waals surface area contributed by atoms with Crippen molar-refractivity contribution in [3.63, 3.8) is 0 Å². The van der Waals surface area contributed by atoms with E-state index >= 15 is 0 Å². The smallest absolute Gasteiger partial charge is 0.228 e. The Kier molecular flexibility index (Phi) is 2.21. The van der Waals surface area contributed by atoms with Crippen LogP contribution in [0, 0.1) is 0 Å². The molecule has 0 aromatic heterocycles. The van der Waals surface area contributed by atoms with Gasteiger partial charge in [-0.2, -0.15) is 0 Å². The number of nitrogens with two attached hydrogens (primary N) is 1. The number of carbonyl (C=O) groups excluding carboxylic acids is 1. The third kappa shape index (κ3) is 1.49. The number of nitrogens with one attached hydrogen (secondary N) is 1. The first-order valence-corrected chi connectivity index (χ1v) is 4.83. The van der Waals surface area contributed by atoms with E-state index in [0.29, 0.717) is 11.4 Å². The lowest BCUT2D eigenvalue weighted by molar-refractivity contribution is -0.115. The summed E-state index contributed by atoms with van der Waals surface area (Å²) in [4.78, 5) is 11.1. The van der Waals surface area contributed by atoms with Gasteiger partial charge in [0.2, 0.25) is 5.91 Å². The Balaban J connectivity index is 2.51. The Morgan fingerprint density at radius 2 is 2.29 bits per heavy atom. The topological polar surface area (TPSA) is 55.1 Å². The molecule has 1 aliphatic heterocycles. The van der Waals surface area contributed by atoms with Gasteiger partial charge in [-0.1, -0.05) is 17.7 Å². The predicted molar refractivity (Wildman–Crippen MR) is 56.4 cm³/mol. The second-order valence-corrected chi connectivity index (χ2v) is 3.96. The highest BCUT2D eigenvalue weighted by Gasteiger charge is 2.21. The molecule has 1 atom stereocenters. The molecule has 0 spiro atoms. The molecule has 14 heavy (non-hydrogen) atoms. The van der Waals surface area contributed by atoms with Gasteiger partial charge >= 0.3 is 0 Å². The second kappa shape index (κ2) is 3.26. The molecule has 1 amide bonds. The van der Waals surface area contributed by atoms with E-state index in [1.807, 2.05) is 13.0 Å². The quantitative estimate of drug-likeness (QED) is 0.744. The van der Waals surface area contributed by atoms with Crippen molar-refractivity contribution in [2.45, 2.75) is 19.4 Å². The van der Waals surface area contributed by atoms with E-state index < -0.39 is 0 Å². The Bertz CT molecular complexity index is 401. The van der Waals surface area contributed by atoms with Gasteiger partial charge in [-0.25, -0.2) is 0 Å². The molecule has 1 aromatic rings. The lowest BCUT2D eigenvalue weighted by atomic mass is 10.0. The van der Waals surface area contributed by atoms with E-state index in [-0.39, 0.29) is 11.9 Å². The van der Waals surface area contributed by atoms with Crippen molar-refractivity contribution in [3.05, 3.63) is 28.3 Å². The molecule has 1 heterocycles. The van der Waals surface area contributed by atoms with Crippen LogP contribution in [-0.2, 0) is 11.2 Å². The van der Waals surface area contributed by atoms with Crippen molar-refractivity contribution < 1.29 is 4.79 Å². The van der Waals surface area contributed by atoms with Crippen LogP contribution in [0.25, 0.3) is 0 Å². The molecular weight excluding hydrogens is 200 g/mol. The molecule has 1 aromatic carbocycles. The van der Waals surface area contributed by atoms with Gasteiger partial charge in [0.05, 0.1) is 17.1 Å². The molecule has 0 bridgehead atoms. The number of fused-ring (bicyclic) bond motifs is 1. The molecule has 3 nitrogen and oxygen atoms in total. The summed E-state index contributed by atoms with van der Waals surface area (Å²) in [5, 5.41) is 3.29. The van der Waals surface area contributed by atoms with Gasteiger partial charge in [0, 0.05) is 6.04 Å². The van der Waals surface area contributed by atoms with Crippen molar-refractivity contribution in [2.75, 3.05) is 5.32 Å². The highest BCUT2D eigenvalue weighted by molar-refractivity contribution is 6.34. The zero-order chi connectivity index (χ0) is 10.3. The summed E-state index contributed by atoms with van der Waals surface area (Å²) < 4.78 is 0. The predicted octanol–water partition coefficient (Wildman–Crippen LogP) is 1.85. The fourth-order valence-corrected chi connectivity index (χ4v) is 1.88. The average molecular weight is 211 g/mol. The molecule has 0 saturated carbocycles. The van der Waals surface area contributed by atoms with Crippen LogP contribution < -0.4 is 11.1 Å². The van der Waals surface area contributed by atoms with Crippen molar-refractivity contribution in [2.24, 2.45) is 5.73 Å². The minimum absolute atomic E-state index is 0.0104. The SMILES string of the molecule is CC(N)c1cc(Cl)c2c(c1)CC(=O)N2. The number of halogens is 1. The molecule has 0 radical (unpaired) electrons. The molecule has 0 saturated heterocycles. The minimum atomic E-state index is -0.0616. The van der Waals surface area contributed by atoms with E-state index in [4.69, 9.17) is 17.3 Å². The van der Waals surface area contributed by atoms with Gasteiger partial charge in [0.1, 0.15) is 0 Å². The van der Waals surface area contributed by atoms with Gasteiger partial charge in [-0.05, 0) is 24.1 Å². The van der Waals surface area contributed by atoms with Gasteiger partial charge < -0.3 is 11.1 Å². The van der Waals surface area contributed by atoms with E-state index in [0.717, 1.165) is 16.8 Å². The van der Waals surface area contributed by atoms with Crippen LogP contribution in [-0.4, -0.2) is 5.91 Å². The van der Waals surface area contributed by atoms with Crippen LogP contribution in [0.3, 0.4) is 0 Å². The summed E-state index contributed by atoms with van der Waals surface area (Å²) in [6.07, 6.45) is 0.398. The van der Waals surface area contributed by atoms with Crippen LogP contribution in [0.15, 0.2) is 12.1 Å². The molecule has 1 aliphatic rings. The second-order valence-electron chi connectivity index (χ2n) is 3.55. The van der Waals surface area contributed by atoms with Crippen LogP contribution in [0.1, 0.15) is 24.1 Å². The van der Waals surface area contributed by atoms with Crippen molar-refractivity contribution >= 4 is 23.2 Å². The highest BCUT2D eigenvalue weighted by Crippen LogP contribution is 2.33. The molecule has 74 valence electrons. The monoisotopic (exact) mass is 210 g/mol. The van der Waals surface area contributed by atoms with E-state index in [1.165, 1.54) is 0 Å². The Labute approximate surface area is 87.2 Å². The lowest BCUT2D eigenvalue weighted by Crippen LogP contribution is -2.05. The highest BCUT2D eigenvalue weighted by atomic mass is 35.5. The summed E-state index contributed by atoms with van der Waals surface area (Å²) >= 11 is 6.01. The van der Waals surface area contributed by atoms with Crippen molar-refractivity contribution in [1.82, 2.24) is 0 Å². The summed E-state index contributed by atoms with van der Waals surface area (Å²) in [7, 11) is 0. The minimum Gasteiger partial charge on any atom is -0.324 e. The Morgan fingerprint density at radius 1 is 1.57 bits per heavy atom. The van der Waals surface area contributed by atoms with Crippen molar-refractivity contribution in [3.8, 4) is 0 Å². The average Bonchev–Trinajstić information content (AvgIpc) is 2.45. The Morgan fingerprint density at radius 3 is 2.93 bits per heavy atom. The zero-order valence-corrected chi connectivity index (χ0v) is 8.56. The van der Waals surface area contributed by atoms with E-state index in [9.17, 15) is 4.79 Å². The molecule has 3 N–H and O–H groups in total. The standard InChI is InChI=1S/C10H11ClN2O/c1-5(12)6-2-7-4-9(14)13-10(7)8(11)3-6/h2-3,5H,4,12H2,1H3,(H,13,14). The maximum absolute atomic E-state index is 11.1. The van der Waals surface area contributed by atoms with Gasteiger partial charge in [0.25, 0.3) is 0 Å². The normalized spacial score (nSPS) is 16.4. The Hall–Kier alpha value is -1.06. The van der Waals surface area contributed by atoms with Crippen molar-refractivity contribution in [1.29, 1.82) is 0 Å². The maximum Gasteiger partial charge on any atom is 0.228 e. The summed E-state index contributed by atoms with van der Waals surface area (Å²) in [5.74, 6) is -0.0104. The fourth-order valence-electron chi connectivity index (χ4n) is 1.59. The summed E-state index contributed by atoms with van der Waals surface area (Å²) in [6.45, 7) is 1.89. The number of amides is 1. The van der Waals surface area contributed by atoms with Crippen LogP contribution in [0.2, 0.25) is 5.02 Å². The molecule has 0 aliphatic carbocycles. The molecular formula is C10H11ClN2O. The molecule has 2 rings (SSSR count). The number of anilines is 1. The van der Waals surface area contributed by atoms with Gasteiger partial charge in [-0.3, -0.25) is 4.79 Å². The lowest BCUT2D eigenvalue weighted by Gasteiger charge is -2.09. The van der Waals surface area contributed by atoms with Crippen LogP contribution in [0.4, 0.5) is 5.69 Å². The summed E-state index contributed by atoms with van der Waals surface area (Å²) in [6, 6.07) is 3.67. The maximum atomic E-state index is 11.1.